The van der Waals surface area contributed by atoms with Gasteiger partial charge in [0.2, 0.25) is 0 Å². The average Bonchev–Trinajstić information content (AvgIpc) is 2.23. The van der Waals surface area contributed by atoms with E-state index in [0.717, 1.165) is 17.7 Å². The third kappa shape index (κ3) is 3.23. The fraction of sp³-hybridized carbons (Fsp3) is 0.538. The highest BCUT2D eigenvalue weighted by Gasteiger charge is 2.08. The largest absolute Gasteiger partial charge is 0.493 e. The van der Waals surface area contributed by atoms with Gasteiger partial charge in [-0.15, -0.1) is 0 Å². The summed E-state index contributed by atoms with van der Waals surface area (Å²) in [6.07, 6.45) is 0. The van der Waals surface area contributed by atoms with Crippen molar-refractivity contribution in [3.63, 3.8) is 0 Å². The third-order valence-electron chi connectivity index (χ3n) is 2.65. The number of hydrogen-bond donors (Lipinski definition) is 0. The quantitative estimate of drug-likeness (QED) is 0.751. The molecule has 1 aromatic carbocycles. The number of rotatable bonds is 4. The zero-order valence-electron chi connectivity index (χ0n) is 9.93. The summed E-state index contributed by atoms with van der Waals surface area (Å²) in [5, 5.41) is 0.983. The topological polar surface area (TPSA) is 9.23 Å². The summed E-state index contributed by atoms with van der Waals surface area (Å²) >= 11 is 3.46. The molecule has 0 amide bonds. The molecule has 0 aliphatic rings. The maximum absolute atomic E-state index is 5.87. The fourth-order valence-electron chi connectivity index (χ4n) is 1.42. The Morgan fingerprint density at radius 1 is 1.20 bits per heavy atom. The highest BCUT2D eigenvalue weighted by molar-refractivity contribution is 9.09. The molecule has 1 atom stereocenters. The molecule has 0 saturated carbocycles. The predicted octanol–water partition coefficient (Wildman–Crippen LogP) is 4.02. The molecule has 0 aromatic heterocycles. The van der Waals surface area contributed by atoms with Crippen molar-refractivity contribution in [3.8, 4) is 5.75 Å². The van der Waals surface area contributed by atoms with E-state index in [1.54, 1.807) is 0 Å². The number of ether oxygens (including phenoxy) is 1. The third-order valence-corrected chi connectivity index (χ3v) is 3.75. The fourth-order valence-corrected chi connectivity index (χ4v) is 1.60. The second-order valence-corrected chi connectivity index (χ2v) is 4.87. The molecule has 0 aliphatic carbocycles. The zero-order valence-corrected chi connectivity index (χ0v) is 11.5. The van der Waals surface area contributed by atoms with E-state index in [-0.39, 0.29) is 0 Å². The molecule has 2 heteroatoms. The molecule has 0 saturated heterocycles. The summed E-state index contributed by atoms with van der Waals surface area (Å²) in [6.45, 7) is 9.29. The molecule has 84 valence electrons. The summed E-state index contributed by atoms with van der Waals surface area (Å²) in [6, 6.07) is 4.27. The van der Waals surface area contributed by atoms with Crippen LogP contribution >= 0.6 is 15.9 Å². The molecule has 0 fully saturated rings. The van der Waals surface area contributed by atoms with Crippen molar-refractivity contribution in [2.75, 3.05) is 11.9 Å². The van der Waals surface area contributed by atoms with Crippen molar-refractivity contribution in [2.24, 2.45) is 5.92 Å². The van der Waals surface area contributed by atoms with Gasteiger partial charge >= 0.3 is 0 Å². The lowest BCUT2D eigenvalue weighted by molar-refractivity contribution is 0.270. The smallest absolute Gasteiger partial charge is 0.125 e. The van der Waals surface area contributed by atoms with Crippen molar-refractivity contribution < 1.29 is 4.74 Å². The van der Waals surface area contributed by atoms with Crippen LogP contribution in [0.2, 0.25) is 0 Å². The van der Waals surface area contributed by atoms with Crippen molar-refractivity contribution >= 4 is 15.9 Å². The van der Waals surface area contributed by atoms with Gasteiger partial charge in [-0.05, 0) is 43.4 Å². The summed E-state index contributed by atoms with van der Waals surface area (Å²) in [7, 11) is 0. The van der Waals surface area contributed by atoms with Crippen LogP contribution in [-0.4, -0.2) is 11.9 Å². The lowest BCUT2D eigenvalue weighted by Crippen LogP contribution is -2.11. The Hall–Kier alpha value is -0.500. The van der Waals surface area contributed by atoms with Gasteiger partial charge in [0.05, 0.1) is 6.61 Å². The van der Waals surface area contributed by atoms with Crippen molar-refractivity contribution in [1.82, 2.24) is 0 Å². The number of alkyl halides is 1. The van der Waals surface area contributed by atoms with Gasteiger partial charge in [0.15, 0.2) is 0 Å². The van der Waals surface area contributed by atoms with Gasteiger partial charge in [-0.3, -0.25) is 0 Å². The van der Waals surface area contributed by atoms with E-state index in [1.165, 1.54) is 16.7 Å². The Bertz CT molecular complexity index is 334. The minimum Gasteiger partial charge on any atom is -0.493 e. The molecule has 0 heterocycles. The number of hydrogen-bond acceptors (Lipinski definition) is 1. The summed E-state index contributed by atoms with van der Waals surface area (Å²) in [5.41, 5.74) is 3.78. The van der Waals surface area contributed by atoms with Crippen LogP contribution in [0.1, 0.15) is 23.6 Å². The molecular weight excluding hydrogens is 252 g/mol. The first kappa shape index (κ1) is 12.6. The van der Waals surface area contributed by atoms with Crippen molar-refractivity contribution in [2.45, 2.75) is 27.7 Å². The standard InChI is InChI=1S/C13H19BrO/c1-9(7-14)8-15-13-11(3)6-5-10(2)12(13)4/h5-6,9H,7-8H2,1-4H3. The van der Waals surface area contributed by atoms with Gasteiger partial charge < -0.3 is 4.74 Å². The predicted molar refractivity (Wildman–Crippen MR) is 69.1 cm³/mol. The number of halogens is 1. The second-order valence-electron chi connectivity index (χ2n) is 4.22. The maximum atomic E-state index is 5.87. The lowest BCUT2D eigenvalue weighted by Gasteiger charge is -2.16. The van der Waals surface area contributed by atoms with Crippen LogP contribution in [0.5, 0.6) is 5.75 Å². The first-order valence-corrected chi connectivity index (χ1v) is 6.44. The Morgan fingerprint density at radius 3 is 2.40 bits per heavy atom. The molecule has 0 spiro atoms. The Morgan fingerprint density at radius 2 is 1.80 bits per heavy atom. The molecule has 0 N–H and O–H groups in total. The van der Waals surface area contributed by atoms with Gasteiger partial charge in [0, 0.05) is 5.33 Å². The van der Waals surface area contributed by atoms with Gasteiger partial charge in [-0.2, -0.15) is 0 Å². The minimum atomic E-state index is 0.546. The first-order chi connectivity index (χ1) is 7.06. The van der Waals surface area contributed by atoms with Crippen LogP contribution in [0.3, 0.4) is 0 Å². The molecule has 0 bridgehead atoms. The highest BCUT2D eigenvalue weighted by Crippen LogP contribution is 2.26. The lowest BCUT2D eigenvalue weighted by atomic mass is 10.1. The normalized spacial score (nSPS) is 12.6. The molecular formula is C13H19BrO. The highest BCUT2D eigenvalue weighted by atomic mass is 79.9. The molecule has 0 aliphatic heterocycles. The van der Waals surface area contributed by atoms with Crippen molar-refractivity contribution in [1.29, 1.82) is 0 Å². The number of aryl methyl sites for hydroxylation is 2. The van der Waals surface area contributed by atoms with Crippen LogP contribution in [0, 0.1) is 26.7 Å². The van der Waals surface area contributed by atoms with Crippen LogP contribution in [0.25, 0.3) is 0 Å². The molecule has 15 heavy (non-hydrogen) atoms. The minimum absolute atomic E-state index is 0.546. The van der Waals surface area contributed by atoms with Crippen molar-refractivity contribution in [3.05, 3.63) is 28.8 Å². The average molecular weight is 271 g/mol. The summed E-state index contributed by atoms with van der Waals surface area (Å²) in [4.78, 5) is 0. The van der Waals surface area contributed by atoms with E-state index in [9.17, 15) is 0 Å². The monoisotopic (exact) mass is 270 g/mol. The van der Waals surface area contributed by atoms with E-state index < -0.39 is 0 Å². The maximum Gasteiger partial charge on any atom is 0.125 e. The van der Waals surface area contributed by atoms with E-state index in [1.807, 2.05) is 0 Å². The molecule has 1 aromatic rings. The molecule has 1 rings (SSSR count). The second kappa shape index (κ2) is 5.55. The van der Waals surface area contributed by atoms with E-state index in [0.29, 0.717) is 5.92 Å². The summed E-state index contributed by atoms with van der Waals surface area (Å²) in [5.74, 6) is 1.60. The molecule has 1 nitrogen and oxygen atoms in total. The van der Waals surface area contributed by atoms with Gasteiger partial charge in [0.1, 0.15) is 5.75 Å². The van der Waals surface area contributed by atoms with E-state index in [4.69, 9.17) is 4.74 Å². The van der Waals surface area contributed by atoms with Crippen LogP contribution in [-0.2, 0) is 0 Å². The first-order valence-electron chi connectivity index (χ1n) is 5.31. The SMILES string of the molecule is Cc1ccc(C)c(OCC(C)CBr)c1C. The molecule has 0 radical (unpaired) electrons. The number of benzene rings is 1. The van der Waals surface area contributed by atoms with E-state index >= 15 is 0 Å². The van der Waals surface area contributed by atoms with Crippen LogP contribution in [0.15, 0.2) is 12.1 Å². The van der Waals surface area contributed by atoms with Gasteiger partial charge in [-0.1, -0.05) is 35.0 Å². The Labute approximate surface area is 101 Å². The van der Waals surface area contributed by atoms with Crippen LogP contribution < -0.4 is 4.74 Å². The van der Waals surface area contributed by atoms with Crippen LogP contribution in [0.4, 0.5) is 0 Å². The Balaban J connectivity index is 2.80. The Kier molecular flexibility index (Phi) is 4.65. The summed E-state index contributed by atoms with van der Waals surface area (Å²) < 4.78 is 5.87. The zero-order chi connectivity index (χ0) is 11.4. The van der Waals surface area contributed by atoms with Gasteiger partial charge in [-0.25, -0.2) is 0 Å². The molecule has 1 unspecified atom stereocenters. The van der Waals surface area contributed by atoms with Gasteiger partial charge in [0.25, 0.3) is 0 Å². The van der Waals surface area contributed by atoms with E-state index in [2.05, 4.69) is 55.8 Å².